The molecule has 1 aromatic rings. The van der Waals surface area contributed by atoms with Crippen LogP contribution in [-0.4, -0.2) is 36.8 Å². The van der Waals surface area contributed by atoms with E-state index in [1.165, 1.54) is 0 Å². The van der Waals surface area contributed by atoms with Crippen molar-refractivity contribution in [2.45, 2.75) is 45.8 Å². The van der Waals surface area contributed by atoms with Gasteiger partial charge < -0.3 is 19.9 Å². The lowest BCUT2D eigenvalue weighted by molar-refractivity contribution is -0.122. The minimum Gasteiger partial charge on any atom is -0.383 e. The minimum atomic E-state index is 0.00897. The Morgan fingerprint density at radius 2 is 2.20 bits per heavy atom. The molecule has 0 spiro atoms. The second-order valence-electron chi connectivity index (χ2n) is 5.16. The van der Waals surface area contributed by atoms with Gasteiger partial charge in [0.25, 0.3) is 0 Å². The molecule has 2 unspecified atom stereocenters. The summed E-state index contributed by atoms with van der Waals surface area (Å²) in [7, 11) is 1.63. The Labute approximate surface area is 121 Å². The molecule has 0 aliphatic rings. The van der Waals surface area contributed by atoms with Gasteiger partial charge in [0.05, 0.1) is 6.61 Å². The summed E-state index contributed by atoms with van der Waals surface area (Å²) in [5.41, 5.74) is 1.13. The van der Waals surface area contributed by atoms with Gasteiger partial charge in [0.2, 0.25) is 5.91 Å². The van der Waals surface area contributed by atoms with Crippen LogP contribution in [0.1, 0.15) is 38.9 Å². The number of methoxy groups -OCH3 is 1. The molecule has 2 atom stereocenters. The number of amides is 1. The van der Waals surface area contributed by atoms with E-state index in [0.29, 0.717) is 13.2 Å². The highest BCUT2D eigenvalue weighted by Gasteiger charge is 2.13. The fourth-order valence-corrected chi connectivity index (χ4v) is 2.20. The van der Waals surface area contributed by atoms with Crippen LogP contribution in [0.15, 0.2) is 18.3 Å². The van der Waals surface area contributed by atoms with Crippen LogP contribution in [0.5, 0.6) is 0 Å². The monoisotopic (exact) mass is 281 g/mol. The van der Waals surface area contributed by atoms with Gasteiger partial charge in [-0.25, -0.2) is 0 Å². The van der Waals surface area contributed by atoms with Gasteiger partial charge in [-0.3, -0.25) is 4.79 Å². The van der Waals surface area contributed by atoms with Crippen LogP contribution < -0.4 is 10.6 Å². The standard InChI is InChI=1S/C15H27N3O2/c1-5-8-16-13(3)14-7-6-9-18(14)10-15(19)17-12(2)11-20-4/h6-7,9,12-13,16H,5,8,10-11H2,1-4H3,(H,17,19). The lowest BCUT2D eigenvalue weighted by Gasteiger charge is -2.18. The molecule has 2 N–H and O–H groups in total. The Morgan fingerprint density at radius 3 is 2.85 bits per heavy atom. The summed E-state index contributed by atoms with van der Waals surface area (Å²) >= 11 is 0. The van der Waals surface area contributed by atoms with Crippen LogP contribution in [0.4, 0.5) is 0 Å². The van der Waals surface area contributed by atoms with E-state index in [9.17, 15) is 4.79 Å². The summed E-state index contributed by atoms with van der Waals surface area (Å²) in [6.45, 7) is 8.04. The number of carbonyl (C=O) groups excluding carboxylic acids is 1. The Bertz CT molecular complexity index is 404. The number of carbonyl (C=O) groups is 1. The number of nitrogens with one attached hydrogen (secondary N) is 2. The molecule has 0 aliphatic carbocycles. The van der Waals surface area contributed by atoms with E-state index in [0.717, 1.165) is 18.7 Å². The Hall–Kier alpha value is -1.33. The zero-order chi connectivity index (χ0) is 15.0. The predicted octanol–water partition coefficient (Wildman–Crippen LogP) is 1.70. The fourth-order valence-electron chi connectivity index (χ4n) is 2.20. The highest BCUT2D eigenvalue weighted by molar-refractivity contribution is 5.76. The summed E-state index contributed by atoms with van der Waals surface area (Å²) < 4.78 is 7.00. The van der Waals surface area contributed by atoms with Gasteiger partial charge in [-0.1, -0.05) is 6.92 Å². The number of aromatic nitrogens is 1. The van der Waals surface area contributed by atoms with Crippen molar-refractivity contribution in [1.29, 1.82) is 0 Å². The van der Waals surface area contributed by atoms with Crippen LogP contribution in [0.3, 0.4) is 0 Å². The summed E-state index contributed by atoms with van der Waals surface area (Å²) in [5.74, 6) is 0.00897. The van der Waals surface area contributed by atoms with Gasteiger partial charge in [0.15, 0.2) is 0 Å². The van der Waals surface area contributed by atoms with Crippen molar-refractivity contribution in [2.75, 3.05) is 20.3 Å². The van der Waals surface area contributed by atoms with E-state index < -0.39 is 0 Å². The smallest absolute Gasteiger partial charge is 0.240 e. The van der Waals surface area contributed by atoms with E-state index in [4.69, 9.17) is 4.74 Å². The topological polar surface area (TPSA) is 55.3 Å². The lowest BCUT2D eigenvalue weighted by atomic mass is 10.2. The molecule has 0 saturated heterocycles. The largest absolute Gasteiger partial charge is 0.383 e. The Morgan fingerprint density at radius 1 is 1.45 bits per heavy atom. The lowest BCUT2D eigenvalue weighted by Crippen LogP contribution is -2.38. The molecule has 0 saturated carbocycles. The summed E-state index contributed by atoms with van der Waals surface area (Å²) in [6.07, 6.45) is 3.04. The van der Waals surface area contributed by atoms with Gasteiger partial charge in [-0.15, -0.1) is 0 Å². The molecule has 5 heteroatoms. The third-order valence-corrected chi connectivity index (χ3v) is 3.15. The van der Waals surface area contributed by atoms with Crippen LogP contribution in [-0.2, 0) is 16.1 Å². The third-order valence-electron chi connectivity index (χ3n) is 3.15. The minimum absolute atomic E-state index is 0.00897. The van der Waals surface area contributed by atoms with Crippen LogP contribution in [0, 0.1) is 0 Å². The first-order valence-corrected chi connectivity index (χ1v) is 7.25. The first-order valence-electron chi connectivity index (χ1n) is 7.25. The second kappa shape index (κ2) is 8.76. The zero-order valence-electron chi connectivity index (χ0n) is 13.0. The third kappa shape index (κ3) is 5.35. The average molecular weight is 281 g/mol. The first-order chi connectivity index (χ1) is 9.58. The number of hydrogen-bond donors (Lipinski definition) is 2. The van der Waals surface area contributed by atoms with Crippen molar-refractivity contribution in [3.8, 4) is 0 Å². The summed E-state index contributed by atoms with van der Waals surface area (Å²) in [5, 5.41) is 6.36. The van der Waals surface area contributed by atoms with Crippen LogP contribution in [0.25, 0.3) is 0 Å². The van der Waals surface area contributed by atoms with Crippen molar-refractivity contribution in [2.24, 2.45) is 0 Å². The SMILES string of the molecule is CCCNC(C)c1cccn1CC(=O)NC(C)COC. The van der Waals surface area contributed by atoms with E-state index in [1.807, 2.05) is 23.8 Å². The molecule has 114 valence electrons. The van der Waals surface area contributed by atoms with E-state index in [1.54, 1.807) is 7.11 Å². The van der Waals surface area contributed by atoms with Crippen LogP contribution >= 0.6 is 0 Å². The highest BCUT2D eigenvalue weighted by atomic mass is 16.5. The number of rotatable bonds is 9. The number of nitrogens with zero attached hydrogens (tertiary/aromatic N) is 1. The number of ether oxygens (including phenoxy) is 1. The van der Waals surface area contributed by atoms with Crippen molar-refractivity contribution in [1.82, 2.24) is 15.2 Å². The van der Waals surface area contributed by atoms with Crippen molar-refractivity contribution < 1.29 is 9.53 Å². The molecule has 0 fully saturated rings. The van der Waals surface area contributed by atoms with Crippen molar-refractivity contribution >= 4 is 5.91 Å². The van der Waals surface area contributed by atoms with Gasteiger partial charge in [0, 0.05) is 31.1 Å². The normalized spacial score (nSPS) is 14.0. The molecular weight excluding hydrogens is 254 g/mol. The van der Waals surface area contributed by atoms with Gasteiger partial charge in [-0.2, -0.15) is 0 Å². The fraction of sp³-hybridized carbons (Fsp3) is 0.667. The van der Waals surface area contributed by atoms with E-state index >= 15 is 0 Å². The average Bonchev–Trinajstić information content (AvgIpc) is 2.84. The molecule has 0 radical (unpaired) electrons. The molecular formula is C15H27N3O2. The maximum atomic E-state index is 12.0. The molecule has 1 heterocycles. The summed E-state index contributed by atoms with van der Waals surface area (Å²) in [4.78, 5) is 12.0. The van der Waals surface area contributed by atoms with E-state index in [2.05, 4.69) is 30.5 Å². The molecule has 0 aromatic carbocycles. The zero-order valence-corrected chi connectivity index (χ0v) is 13.0. The molecule has 5 nitrogen and oxygen atoms in total. The first kappa shape index (κ1) is 16.7. The van der Waals surface area contributed by atoms with Gasteiger partial charge >= 0.3 is 0 Å². The maximum Gasteiger partial charge on any atom is 0.240 e. The Balaban J connectivity index is 2.55. The quantitative estimate of drug-likeness (QED) is 0.724. The second-order valence-corrected chi connectivity index (χ2v) is 5.16. The highest BCUT2D eigenvalue weighted by Crippen LogP contribution is 2.13. The summed E-state index contributed by atoms with van der Waals surface area (Å²) in [6, 6.07) is 4.31. The molecule has 0 aliphatic heterocycles. The maximum absolute atomic E-state index is 12.0. The van der Waals surface area contributed by atoms with Gasteiger partial charge in [-0.05, 0) is 38.9 Å². The van der Waals surface area contributed by atoms with Crippen molar-refractivity contribution in [3.63, 3.8) is 0 Å². The van der Waals surface area contributed by atoms with Crippen molar-refractivity contribution in [3.05, 3.63) is 24.0 Å². The predicted molar refractivity (Wildman–Crippen MR) is 80.6 cm³/mol. The molecule has 1 rings (SSSR count). The Kier molecular flexibility index (Phi) is 7.33. The number of hydrogen-bond acceptors (Lipinski definition) is 3. The molecule has 1 amide bonds. The molecule has 20 heavy (non-hydrogen) atoms. The van der Waals surface area contributed by atoms with Crippen LogP contribution in [0.2, 0.25) is 0 Å². The van der Waals surface area contributed by atoms with Gasteiger partial charge in [0.1, 0.15) is 6.54 Å². The van der Waals surface area contributed by atoms with E-state index in [-0.39, 0.29) is 18.0 Å². The molecule has 0 bridgehead atoms. The molecule has 1 aromatic heterocycles.